The Hall–Kier alpha value is -1.74. The van der Waals surface area contributed by atoms with Gasteiger partial charge in [-0.05, 0) is 79.3 Å². The van der Waals surface area contributed by atoms with Crippen molar-refractivity contribution in [2.45, 2.75) is 45.1 Å². The van der Waals surface area contributed by atoms with E-state index in [2.05, 4.69) is 19.2 Å². The van der Waals surface area contributed by atoms with Crippen LogP contribution in [0.3, 0.4) is 0 Å². The van der Waals surface area contributed by atoms with Crippen molar-refractivity contribution in [3.05, 3.63) is 70.3 Å². The van der Waals surface area contributed by atoms with Gasteiger partial charge in [0, 0.05) is 12.0 Å². The minimum Gasteiger partial charge on any atom is -0.314 e. The van der Waals surface area contributed by atoms with Crippen LogP contribution >= 0.6 is 0 Å². The van der Waals surface area contributed by atoms with Crippen LogP contribution in [0.1, 0.15) is 48.4 Å². The molecule has 0 heterocycles. The Morgan fingerprint density at radius 3 is 2.00 bits per heavy atom. The topological polar surface area (TPSA) is 12.0 Å². The Bertz CT molecular complexity index is 643. The molecule has 23 heavy (non-hydrogen) atoms. The van der Waals surface area contributed by atoms with Crippen molar-refractivity contribution in [3.63, 3.8) is 0 Å². The molecule has 122 valence electrons. The molecule has 1 atom stereocenters. The third-order valence-corrected chi connectivity index (χ3v) is 4.77. The molecule has 1 aliphatic rings. The lowest BCUT2D eigenvalue weighted by molar-refractivity contribution is 0.501. The molecule has 1 N–H and O–H groups in total. The van der Waals surface area contributed by atoms with Crippen molar-refractivity contribution in [1.29, 1.82) is 0 Å². The highest BCUT2D eigenvalue weighted by Crippen LogP contribution is 2.37. The first-order valence-corrected chi connectivity index (χ1v) is 8.38. The van der Waals surface area contributed by atoms with Crippen molar-refractivity contribution in [3.8, 4) is 0 Å². The third-order valence-electron chi connectivity index (χ3n) is 4.77. The molecule has 2 aromatic rings. The van der Waals surface area contributed by atoms with E-state index in [1.165, 1.54) is 23.3 Å². The summed E-state index contributed by atoms with van der Waals surface area (Å²) in [6.07, 6.45) is 2.44. The van der Waals surface area contributed by atoms with Crippen molar-refractivity contribution >= 4 is 0 Å². The van der Waals surface area contributed by atoms with Crippen LogP contribution in [0.15, 0.2) is 36.4 Å². The second-order valence-corrected chi connectivity index (χ2v) is 6.43. The highest BCUT2D eigenvalue weighted by atomic mass is 19.1. The molecule has 3 rings (SSSR count). The molecule has 0 saturated carbocycles. The number of aryl methyl sites for hydroxylation is 2. The van der Waals surface area contributed by atoms with Crippen LogP contribution in [0.5, 0.6) is 0 Å². The van der Waals surface area contributed by atoms with Gasteiger partial charge in [0.25, 0.3) is 0 Å². The maximum atomic E-state index is 13.7. The largest absolute Gasteiger partial charge is 0.314 e. The number of nitrogens with one attached hydrogen (secondary N) is 1. The van der Waals surface area contributed by atoms with E-state index in [9.17, 15) is 8.78 Å². The molecule has 0 aromatic heterocycles. The van der Waals surface area contributed by atoms with Gasteiger partial charge < -0.3 is 5.32 Å². The Morgan fingerprint density at radius 2 is 1.52 bits per heavy atom. The van der Waals surface area contributed by atoms with Gasteiger partial charge in [-0.25, -0.2) is 8.78 Å². The van der Waals surface area contributed by atoms with Gasteiger partial charge in [0.1, 0.15) is 11.6 Å². The molecule has 0 aliphatic heterocycles. The Kier molecular flexibility index (Phi) is 4.76. The van der Waals surface area contributed by atoms with Crippen molar-refractivity contribution < 1.29 is 8.78 Å². The van der Waals surface area contributed by atoms with Gasteiger partial charge in [-0.3, -0.25) is 0 Å². The first-order valence-electron chi connectivity index (χ1n) is 8.38. The summed E-state index contributed by atoms with van der Waals surface area (Å²) in [4.78, 5) is 0. The van der Waals surface area contributed by atoms with Gasteiger partial charge in [0.15, 0.2) is 0 Å². The molecule has 0 spiro atoms. The zero-order valence-corrected chi connectivity index (χ0v) is 13.7. The van der Waals surface area contributed by atoms with E-state index in [1.807, 2.05) is 12.1 Å². The predicted molar refractivity (Wildman–Crippen MR) is 89.8 cm³/mol. The summed E-state index contributed by atoms with van der Waals surface area (Å²) in [6.45, 7) is 5.18. The van der Waals surface area contributed by atoms with Crippen LogP contribution in [-0.4, -0.2) is 12.6 Å². The number of hydrogen-bond acceptors (Lipinski definition) is 1. The van der Waals surface area contributed by atoms with Crippen LogP contribution in [-0.2, 0) is 12.8 Å². The van der Waals surface area contributed by atoms with Gasteiger partial charge in [-0.15, -0.1) is 0 Å². The fraction of sp³-hybridized carbons (Fsp3) is 0.400. The summed E-state index contributed by atoms with van der Waals surface area (Å²) in [5.74, 6) is -0.212. The van der Waals surface area contributed by atoms with Crippen molar-refractivity contribution in [2.75, 3.05) is 6.54 Å². The monoisotopic (exact) mass is 315 g/mol. The van der Waals surface area contributed by atoms with Gasteiger partial charge in [0.2, 0.25) is 0 Å². The molecule has 1 unspecified atom stereocenters. The summed E-state index contributed by atoms with van der Waals surface area (Å²) >= 11 is 0. The van der Waals surface area contributed by atoms with Crippen molar-refractivity contribution in [2.24, 2.45) is 0 Å². The lowest BCUT2D eigenvalue weighted by atomic mass is 9.83. The lowest BCUT2D eigenvalue weighted by Crippen LogP contribution is -2.28. The second-order valence-electron chi connectivity index (χ2n) is 6.43. The van der Waals surface area contributed by atoms with E-state index < -0.39 is 0 Å². The summed E-state index contributed by atoms with van der Waals surface area (Å²) in [6, 6.07) is 10.5. The average molecular weight is 315 g/mol. The highest BCUT2D eigenvalue weighted by molar-refractivity contribution is 5.45. The minimum absolute atomic E-state index is 0.178. The molecule has 2 aromatic carbocycles. The Morgan fingerprint density at radius 1 is 1.00 bits per heavy atom. The van der Waals surface area contributed by atoms with Gasteiger partial charge in [-0.1, -0.05) is 19.1 Å². The summed E-state index contributed by atoms with van der Waals surface area (Å²) in [7, 11) is 0. The molecule has 0 amide bonds. The maximum Gasteiger partial charge on any atom is 0.123 e. The molecule has 0 saturated heterocycles. The first-order chi connectivity index (χ1) is 11.1. The lowest BCUT2D eigenvalue weighted by Gasteiger charge is -2.24. The Balaban J connectivity index is 2.06. The summed E-state index contributed by atoms with van der Waals surface area (Å²) < 4.78 is 27.3. The fourth-order valence-electron chi connectivity index (χ4n) is 3.74. The van der Waals surface area contributed by atoms with E-state index in [-0.39, 0.29) is 17.6 Å². The third kappa shape index (κ3) is 3.45. The predicted octanol–water partition coefficient (Wildman–Crippen LogP) is 4.58. The molecule has 3 heteroatoms. The number of halogens is 2. The molecule has 1 nitrogen and oxygen atoms in total. The molecule has 0 bridgehead atoms. The summed E-state index contributed by atoms with van der Waals surface area (Å²) in [5, 5.41) is 3.45. The number of fused-ring (bicyclic) bond motifs is 2. The molecule has 0 radical (unpaired) electrons. The van der Waals surface area contributed by atoms with E-state index in [4.69, 9.17) is 0 Å². The molecular formula is C20H23F2N. The van der Waals surface area contributed by atoms with Gasteiger partial charge in [0.05, 0.1) is 0 Å². The van der Waals surface area contributed by atoms with E-state index in [1.54, 1.807) is 12.1 Å². The number of benzene rings is 2. The maximum absolute atomic E-state index is 13.7. The van der Waals surface area contributed by atoms with Crippen LogP contribution in [0, 0.1) is 11.6 Å². The van der Waals surface area contributed by atoms with Crippen LogP contribution in [0.4, 0.5) is 8.78 Å². The van der Waals surface area contributed by atoms with Crippen molar-refractivity contribution in [1.82, 2.24) is 5.32 Å². The van der Waals surface area contributed by atoms with Crippen LogP contribution in [0.25, 0.3) is 0 Å². The van der Waals surface area contributed by atoms with E-state index >= 15 is 0 Å². The Labute approximate surface area is 136 Å². The quantitative estimate of drug-likeness (QED) is 0.870. The first kappa shape index (κ1) is 16.1. The zero-order valence-electron chi connectivity index (χ0n) is 13.7. The van der Waals surface area contributed by atoms with Crippen LogP contribution < -0.4 is 5.32 Å². The summed E-state index contributed by atoms with van der Waals surface area (Å²) in [5.41, 5.74) is 4.47. The van der Waals surface area contributed by atoms with Gasteiger partial charge >= 0.3 is 0 Å². The van der Waals surface area contributed by atoms with Gasteiger partial charge in [-0.2, -0.15) is 0 Å². The average Bonchev–Trinajstić information content (AvgIpc) is 2.65. The van der Waals surface area contributed by atoms with E-state index in [0.717, 1.165) is 36.9 Å². The SMILES string of the molecule is CCNC(C)CC1c2ccc(F)cc2CCc2cc(F)ccc21. The molecule has 0 fully saturated rings. The van der Waals surface area contributed by atoms with Crippen LogP contribution in [0.2, 0.25) is 0 Å². The second kappa shape index (κ2) is 6.79. The molecular weight excluding hydrogens is 292 g/mol. The number of rotatable bonds is 4. The standard InChI is InChI=1S/C20H23F2N/c1-3-23-13(2)10-20-18-8-6-16(21)11-14(18)4-5-15-12-17(22)7-9-19(15)20/h6-9,11-13,20,23H,3-5,10H2,1-2H3. The highest BCUT2D eigenvalue weighted by Gasteiger charge is 2.25. The normalized spacial score (nSPS) is 15.7. The minimum atomic E-state index is -0.195. The number of hydrogen-bond donors (Lipinski definition) is 1. The fourth-order valence-corrected chi connectivity index (χ4v) is 3.74. The zero-order chi connectivity index (χ0) is 16.4. The molecule has 1 aliphatic carbocycles. The van der Waals surface area contributed by atoms with E-state index in [0.29, 0.717) is 6.04 Å². The smallest absolute Gasteiger partial charge is 0.123 e.